The van der Waals surface area contributed by atoms with Gasteiger partial charge in [0.2, 0.25) is 0 Å². The number of halogens is 4. The van der Waals surface area contributed by atoms with Crippen molar-refractivity contribution in [2.24, 2.45) is 7.05 Å². The fourth-order valence-corrected chi connectivity index (χ4v) is 3.22. The Kier molecular flexibility index (Phi) is 7.38. The molecule has 0 saturated carbocycles. The van der Waals surface area contributed by atoms with Crippen molar-refractivity contribution >= 4 is 40.6 Å². The lowest BCUT2D eigenvalue weighted by molar-refractivity contribution is -0.192. The van der Waals surface area contributed by atoms with Crippen LogP contribution in [0.4, 0.5) is 24.7 Å². The van der Waals surface area contributed by atoms with E-state index in [4.69, 9.17) is 21.5 Å². The number of aromatic nitrogens is 5. The fraction of sp³-hybridized carbons (Fsp3) is 0.389. The summed E-state index contributed by atoms with van der Waals surface area (Å²) in [4.78, 5) is 28.5. The Balaban J connectivity index is 0.000000383. The SMILES string of the molecule is Cn1cc(NC(=O)c2cnn3ccc(N4CCCNCC4)nc23)c(Cl)n1.O=C(O)C(F)(F)F. The van der Waals surface area contributed by atoms with E-state index < -0.39 is 12.1 Å². The smallest absolute Gasteiger partial charge is 0.475 e. The summed E-state index contributed by atoms with van der Waals surface area (Å²) in [5.74, 6) is -2.24. The number of amides is 1. The molecule has 0 aromatic carbocycles. The summed E-state index contributed by atoms with van der Waals surface area (Å²) in [6.45, 7) is 3.73. The largest absolute Gasteiger partial charge is 0.490 e. The van der Waals surface area contributed by atoms with Crippen LogP contribution in [0, 0.1) is 0 Å². The van der Waals surface area contributed by atoms with Gasteiger partial charge in [-0.3, -0.25) is 9.48 Å². The molecule has 1 aliphatic rings. The first-order valence-corrected chi connectivity index (χ1v) is 10.0. The average Bonchev–Trinajstić information content (AvgIpc) is 3.17. The fourth-order valence-electron chi connectivity index (χ4n) is 3.01. The number of anilines is 2. The van der Waals surface area contributed by atoms with E-state index in [1.54, 1.807) is 17.8 Å². The maximum atomic E-state index is 12.7. The maximum absolute atomic E-state index is 12.7. The Morgan fingerprint density at radius 3 is 2.64 bits per heavy atom. The molecule has 1 aliphatic heterocycles. The van der Waals surface area contributed by atoms with Crippen molar-refractivity contribution < 1.29 is 27.9 Å². The van der Waals surface area contributed by atoms with Crippen molar-refractivity contribution in [3.8, 4) is 0 Å². The van der Waals surface area contributed by atoms with Gasteiger partial charge in [-0.05, 0) is 19.0 Å². The van der Waals surface area contributed by atoms with Crippen LogP contribution in [-0.4, -0.2) is 73.7 Å². The van der Waals surface area contributed by atoms with Crippen molar-refractivity contribution in [3.63, 3.8) is 0 Å². The van der Waals surface area contributed by atoms with Crippen LogP contribution in [0.3, 0.4) is 0 Å². The van der Waals surface area contributed by atoms with Crippen LogP contribution in [0.15, 0.2) is 24.7 Å². The van der Waals surface area contributed by atoms with Crippen LogP contribution in [0.2, 0.25) is 5.15 Å². The van der Waals surface area contributed by atoms with Crippen LogP contribution < -0.4 is 15.5 Å². The van der Waals surface area contributed by atoms with E-state index in [0.717, 1.165) is 38.4 Å². The van der Waals surface area contributed by atoms with Gasteiger partial charge >= 0.3 is 12.1 Å². The topological polar surface area (TPSA) is 130 Å². The predicted octanol–water partition coefficient (Wildman–Crippen LogP) is 1.80. The standard InChI is InChI=1S/C16H19ClN8O.C2HF3O2/c1-23-10-12(14(17)22-23)20-16(26)11-9-19-25-7-3-13(21-15(11)25)24-6-2-4-18-5-8-24;3-2(4,5)1(6)7/h3,7,9-10,18H,2,4-6,8H2,1H3,(H,20,26);(H,6,7). The zero-order valence-electron chi connectivity index (χ0n) is 17.3. The van der Waals surface area contributed by atoms with E-state index in [9.17, 15) is 18.0 Å². The second-order valence-corrected chi connectivity index (χ2v) is 7.33. The number of carboxylic acids is 1. The Labute approximate surface area is 190 Å². The summed E-state index contributed by atoms with van der Waals surface area (Å²) in [6, 6.07) is 1.92. The number of aryl methyl sites for hydroxylation is 1. The number of rotatable bonds is 3. The van der Waals surface area contributed by atoms with Gasteiger partial charge in [-0.25, -0.2) is 14.3 Å². The maximum Gasteiger partial charge on any atom is 0.490 e. The number of carbonyl (C=O) groups excluding carboxylic acids is 1. The molecule has 4 rings (SSSR count). The van der Waals surface area contributed by atoms with Crippen LogP contribution in [0.25, 0.3) is 5.65 Å². The zero-order chi connectivity index (χ0) is 24.2. The minimum Gasteiger partial charge on any atom is -0.475 e. The van der Waals surface area contributed by atoms with Gasteiger partial charge < -0.3 is 20.6 Å². The molecular weight excluding hydrogens is 469 g/mol. The van der Waals surface area contributed by atoms with Gasteiger partial charge in [0, 0.05) is 39.1 Å². The van der Waals surface area contributed by atoms with E-state index in [1.807, 2.05) is 12.3 Å². The molecule has 0 bridgehead atoms. The van der Waals surface area contributed by atoms with E-state index in [1.165, 1.54) is 10.9 Å². The van der Waals surface area contributed by atoms with E-state index in [0.29, 0.717) is 16.9 Å². The number of fused-ring (bicyclic) bond motifs is 1. The lowest BCUT2D eigenvalue weighted by Crippen LogP contribution is -2.28. The van der Waals surface area contributed by atoms with E-state index in [2.05, 4.69) is 30.7 Å². The number of nitrogens with zero attached hydrogens (tertiary/aromatic N) is 6. The normalized spacial score (nSPS) is 14.4. The molecule has 178 valence electrons. The van der Waals surface area contributed by atoms with Gasteiger partial charge in [0.25, 0.3) is 5.91 Å². The number of carboxylic acid groups (broad SMARTS) is 1. The highest BCUT2D eigenvalue weighted by molar-refractivity contribution is 6.32. The Bertz CT molecular complexity index is 1140. The lowest BCUT2D eigenvalue weighted by atomic mass is 10.3. The molecule has 1 amide bonds. The molecule has 0 spiro atoms. The molecule has 0 radical (unpaired) electrons. The Morgan fingerprint density at radius 1 is 1.27 bits per heavy atom. The predicted molar refractivity (Wildman–Crippen MR) is 113 cm³/mol. The van der Waals surface area contributed by atoms with Crippen LogP contribution in [0.1, 0.15) is 16.8 Å². The molecule has 3 aromatic heterocycles. The summed E-state index contributed by atoms with van der Waals surface area (Å²) in [5, 5.41) is 21.7. The minimum atomic E-state index is -5.08. The van der Waals surface area contributed by atoms with Crippen molar-refractivity contribution in [1.82, 2.24) is 29.7 Å². The first-order chi connectivity index (χ1) is 15.6. The highest BCUT2D eigenvalue weighted by Gasteiger charge is 2.38. The highest BCUT2D eigenvalue weighted by Crippen LogP contribution is 2.21. The van der Waals surface area contributed by atoms with Gasteiger partial charge in [-0.15, -0.1) is 0 Å². The number of hydrogen-bond donors (Lipinski definition) is 3. The van der Waals surface area contributed by atoms with Crippen LogP contribution >= 0.6 is 11.6 Å². The van der Waals surface area contributed by atoms with E-state index in [-0.39, 0.29) is 11.1 Å². The summed E-state index contributed by atoms with van der Waals surface area (Å²) < 4.78 is 34.9. The van der Waals surface area contributed by atoms with Crippen LogP contribution in [-0.2, 0) is 11.8 Å². The molecule has 3 aromatic rings. The first-order valence-electron chi connectivity index (χ1n) is 9.67. The Hall–Kier alpha value is -3.39. The van der Waals surface area contributed by atoms with Crippen molar-refractivity contribution in [1.29, 1.82) is 0 Å². The average molecular weight is 489 g/mol. The molecule has 0 aliphatic carbocycles. The van der Waals surface area contributed by atoms with Gasteiger partial charge in [0.1, 0.15) is 11.4 Å². The number of aliphatic carboxylic acids is 1. The third-order valence-corrected chi connectivity index (χ3v) is 4.82. The van der Waals surface area contributed by atoms with Gasteiger partial charge in [-0.1, -0.05) is 11.6 Å². The first kappa shape index (κ1) is 24.3. The summed E-state index contributed by atoms with van der Waals surface area (Å²) in [6.07, 6.45) is 0.952. The molecular formula is C18H20ClF3N8O3. The minimum absolute atomic E-state index is 0.239. The highest BCUT2D eigenvalue weighted by atomic mass is 35.5. The molecule has 11 nitrogen and oxygen atoms in total. The van der Waals surface area contributed by atoms with E-state index >= 15 is 0 Å². The van der Waals surface area contributed by atoms with Crippen molar-refractivity contribution in [2.75, 3.05) is 36.4 Å². The summed E-state index contributed by atoms with van der Waals surface area (Å²) >= 11 is 6.02. The zero-order valence-corrected chi connectivity index (χ0v) is 18.1. The monoisotopic (exact) mass is 488 g/mol. The third kappa shape index (κ3) is 6.10. The van der Waals surface area contributed by atoms with Gasteiger partial charge in [0.05, 0.1) is 11.9 Å². The lowest BCUT2D eigenvalue weighted by Gasteiger charge is -2.20. The molecule has 1 fully saturated rings. The number of nitrogens with one attached hydrogen (secondary N) is 2. The van der Waals surface area contributed by atoms with Gasteiger partial charge in [-0.2, -0.15) is 23.4 Å². The molecule has 0 unspecified atom stereocenters. The summed E-state index contributed by atoms with van der Waals surface area (Å²) in [7, 11) is 1.74. The number of hydrogen-bond acceptors (Lipinski definition) is 7. The number of alkyl halides is 3. The molecule has 0 atom stereocenters. The molecule has 15 heteroatoms. The Morgan fingerprint density at radius 2 is 2.00 bits per heavy atom. The second kappa shape index (κ2) is 10.0. The van der Waals surface area contributed by atoms with Crippen molar-refractivity contribution in [3.05, 3.63) is 35.4 Å². The summed E-state index contributed by atoms with van der Waals surface area (Å²) in [5.41, 5.74) is 1.35. The van der Waals surface area contributed by atoms with Crippen LogP contribution in [0.5, 0.6) is 0 Å². The molecule has 1 saturated heterocycles. The number of carbonyl (C=O) groups is 2. The van der Waals surface area contributed by atoms with Gasteiger partial charge in [0.15, 0.2) is 10.8 Å². The molecule has 33 heavy (non-hydrogen) atoms. The molecule has 4 heterocycles. The molecule has 3 N–H and O–H groups in total. The third-order valence-electron chi connectivity index (χ3n) is 4.54. The second-order valence-electron chi connectivity index (χ2n) is 6.97. The van der Waals surface area contributed by atoms with Crippen molar-refractivity contribution in [2.45, 2.75) is 12.6 Å². The quantitative estimate of drug-likeness (QED) is 0.509.